The number of carboxylic acid groups (broad SMARTS) is 1. The third-order valence-electron chi connectivity index (χ3n) is 1.49. The summed E-state index contributed by atoms with van der Waals surface area (Å²) < 4.78 is 17.6. The average Bonchev–Trinajstić information content (AvgIpc) is 2.19. The van der Waals surface area contributed by atoms with E-state index in [0.29, 0.717) is 22.4 Å². The van der Waals surface area contributed by atoms with Gasteiger partial charge in [0.05, 0.1) is 7.11 Å². The number of benzene rings is 1. The summed E-state index contributed by atoms with van der Waals surface area (Å²) in [5.41, 5.74) is -1.93. The molecule has 76 valence electrons. The number of aliphatic carboxylic acids is 1. The van der Waals surface area contributed by atoms with Crippen LogP contribution in [-0.4, -0.2) is 23.7 Å². The molecule has 1 rings (SSSR count). The summed E-state index contributed by atoms with van der Waals surface area (Å²) in [7, 11) is 1.53. The number of carbonyl (C=O) groups is 1. The first kappa shape index (κ1) is 10.8. The summed E-state index contributed by atoms with van der Waals surface area (Å²) in [6, 6.07) is 6.52. The molecule has 1 atom stereocenters. The summed E-state index contributed by atoms with van der Waals surface area (Å²) in [5.74, 6) is -0.814. The van der Waals surface area contributed by atoms with E-state index in [9.17, 15) is 9.18 Å². The van der Waals surface area contributed by atoms with Crippen LogP contribution in [0, 0.1) is 0 Å². The Morgan fingerprint density at radius 3 is 2.50 bits per heavy atom. The van der Waals surface area contributed by atoms with Crippen molar-refractivity contribution < 1.29 is 19.0 Å². The van der Waals surface area contributed by atoms with Crippen LogP contribution in [0.15, 0.2) is 29.2 Å². The van der Waals surface area contributed by atoms with Gasteiger partial charge >= 0.3 is 5.97 Å². The Balaban J connectivity index is 2.64. The highest BCUT2D eigenvalue weighted by atomic mass is 32.2. The van der Waals surface area contributed by atoms with Gasteiger partial charge in [-0.05, 0) is 24.3 Å². The van der Waals surface area contributed by atoms with E-state index >= 15 is 0 Å². The van der Waals surface area contributed by atoms with Crippen LogP contribution < -0.4 is 4.74 Å². The van der Waals surface area contributed by atoms with E-state index in [1.165, 1.54) is 7.11 Å². The fourth-order valence-corrected chi connectivity index (χ4v) is 1.46. The molecular weight excluding hydrogens is 207 g/mol. The van der Waals surface area contributed by atoms with Gasteiger partial charge in [-0.2, -0.15) is 0 Å². The van der Waals surface area contributed by atoms with Crippen LogP contribution in [0.3, 0.4) is 0 Å². The maximum Gasteiger partial charge on any atom is 0.349 e. The molecule has 1 N–H and O–H groups in total. The smallest absolute Gasteiger partial charge is 0.349 e. The van der Waals surface area contributed by atoms with Crippen molar-refractivity contribution in [3.05, 3.63) is 24.3 Å². The van der Waals surface area contributed by atoms with Crippen molar-refractivity contribution in [2.45, 2.75) is 10.4 Å². The molecule has 0 aliphatic heterocycles. The van der Waals surface area contributed by atoms with E-state index < -0.39 is 11.5 Å². The quantitative estimate of drug-likeness (QED) is 0.783. The molecule has 0 saturated heterocycles. The van der Waals surface area contributed by atoms with Crippen molar-refractivity contribution in [2.24, 2.45) is 0 Å². The standard InChI is InChI=1S/C9H9FO3S/c1-13-6-2-4-7(5-3-6)14-8(10)9(11)12/h2-5,8H,1H3,(H,11,12). The van der Waals surface area contributed by atoms with Crippen molar-refractivity contribution >= 4 is 17.7 Å². The summed E-state index contributed by atoms with van der Waals surface area (Å²) in [6.45, 7) is 0. The van der Waals surface area contributed by atoms with Crippen LogP contribution in [0.2, 0.25) is 0 Å². The highest BCUT2D eigenvalue weighted by molar-refractivity contribution is 8.00. The minimum atomic E-state index is -1.93. The fraction of sp³-hybridized carbons (Fsp3) is 0.222. The minimum absolute atomic E-state index is 0.556. The van der Waals surface area contributed by atoms with Crippen molar-refractivity contribution in [1.82, 2.24) is 0 Å². The van der Waals surface area contributed by atoms with E-state index in [2.05, 4.69) is 0 Å². The highest BCUT2D eigenvalue weighted by Gasteiger charge is 2.16. The molecule has 1 unspecified atom stereocenters. The lowest BCUT2D eigenvalue weighted by Gasteiger charge is -2.03. The first-order valence-corrected chi connectivity index (χ1v) is 4.69. The second kappa shape index (κ2) is 4.85. The largest absolute Gasteiger partial charge is 0.497 e. The lowest BCUT2D eigenvalue weighted by atomic mass is 10.3. The molecule has 3 nitrogen and oxygen atoms in total. The number of methoxy groups -OCH3 is 1. The molecular formula is C9H9FO3S. The first-order valence-electron chi connectivity index (χ1n) is 3.81. The first-order chi connectivity index (χ1) is 6.63. The monoisotopic (exact) mass is 216 g/mol. The molecule has 1 aromatic rings. The Labute approximate surface area is 84.9 Å². The number of ether oxygens (including phenoxy) is 1. The van der Waals surface area contributed by atoms with Crippen LogP contribution in [0.5, 0.6) is 5.75 Å². The van der Waals surface area contributed by atoms with Gasteiger partial charge in [0.1, 0.15) is 5.75 Å². The number of halogens is 1. The number of hydrogen-bond donors (Lipinski definition) is 1. The summed E-state index contributed by atoms with van der Waals surface area (Å²) in [5, 5.41) is 8.32. The summed E-state index contributed by atoms with van der Waals surface area (Å²) >= 11 is 0.649. The molecule has 14 heavy (non-hydrogen) atoms. The highest BCUT2D eigenvalue weighted by Crippen LogP contribution is 2.26. The second-order valence-corrected chi connectivity index (χ2v) is 3.57. The zero-order chi connectivity index (χ0) is 10.6. The van der Waals surface area contributed by atoms with Crippen molar-refractivity contribution in [1.29, 1.82) is 0 Å². The number of rotatable bonds is 4. The Morgan fingerprint density at radius 1 is 1.50 bits per heavy atom. The van der Waals surface area contributed by atoms with E-state index in [0.717, 1.165) is 0 Å². The summed E-state index contributed by atoms with van der Waals surface area (Å²) in [6.07, 6.45) is 0. The van der Waals surface area contributed by atoms with Gasteiger partial charge in [0.15, 0.2) is 0 Å². The molecule has 0 amide bonds. The molecule has 0 aliphatic rings. The van der Waals surface area contributed by atoms with E-state index in [1.807, 2.05) is 0 Å². The van der Waals surface area contributed by atoms with Gasteiger partial charge in [0.25, 0.3) is 0 Å². The maximum atomic E-state index is 12.7. The summed E-state index contributed by atoms with van der Waals surface area (Å²) in [4.78, 5) is 10.8. The predicted octanol–water partition coefficient (Wildman–Crippen LogP) is 2.17. The Hall–Kier alpha value is -1.23. The van der Waals surface area contributed by atoms with Crippen LogP contribution in [0.25, 0.3) is 0 Å². The van der Waals surface area contributed by atoms with Gasteiger partial charge in [-0.1, -0.05) is 11.8 Å². The van der Waals surface area contributed by atoms with E-state index in [4.69, 9.17) is 9.84 Å². The zero-order valence-electron chi connectivity index (χ0n) is 7.44. The van der Waals surface area contributed by atoms with Crippen molar-refractivity contribution in [2.75, 3.05) is 7.11 Å². The van der Waals surface area contributed by atoms with E-state index in [1.54, 1.807) is 24.3 Å². The van der Waals surface area contributed by atoms with Gasteiger partial charge in [-0.25, -0.2) is 9.18 Å². The molecule has 0 saturated carbocycles. The molecule has 0 spiro atoms. The molecule has 0 fully saturated rings. The van der Waals surface area contributed by atoms with Crippen LogP contribution in [0.4, 0.5) is 4.39 Å². The van der Waals surface area contributed by atoms with Crippen molar-refractivity contribution in [3.8, 4) is 5.75 Å². The molecule has 0 aromatic heterocycles. The Bertz CT molecular complexity index is 312. The molecule has 0 radical (unpaired) electrons. The number of thioether (sulfide) groups is 1. The van der Waals surface area contributed by atoms with Gasteiger partial charge in [-0.15, -0.1) is 0 Å². The molecule has 0 aliphatic carbocycles. The maximum absolute atomic E-state index is 12.7. The van der Waals surface area contributed by atoms with E-state index in [-0.39, 0.29) is 0 Å². The number of carboxylic acids is 1. The normalized spacial score (nSPS) is 12.1. The third-order valence-corrected chi connectivity index (χ3v) is 2.45. The predicted molar refractivity (Wildman–Crippen MR) is 51.4 cm³/mol. The lowest BCUT2D eigenvalue weighted by molar-refractivity contribution is -0.139. The molecule has 0 heterocycles. The molecule has 1 aromatic carbocycles. The van der Waals surface area contributed by atoms with Crippen LogP contribution in [-0.2, 0) is 4.79 Å². The fourth-order valence-electron chi connectivity index (χ4n) is 0.824. The number of alkyl halides is 1. The average molecular weight is 216 g/mol. The second-order valence-electron chi connectivity index (χ2n) is 2.45. The van der Waals surface area contributed by atoms with Crippen LogP contribution >= 0.6 is 11.8 Å². The Kier molecular flexibility index (Phi) is 3.76. The van der Waals surface area contributed by atoms with Gasteiger partial charge in [-0.3, -0.25) is 0 Å². The third kappa shape index (κ3) is 2.92. The SMILES string of the molecule is COc1ccc(SC(F)C(=O)O)cc1. The van der Waals surface area contributed by atoms with Crippen LogP contribution in [0.1, 0.15) is 0 Å². The topological polar surface area (TPSA) is 46.5 Å². The van der Waals surface area contributed by atoms with Gasteiger partial charge in [0, 0.05) is 4.90 Å². The van der Waals surface area contributed by atoms with Crippen molar-refractivity contribution in [3.63, 3.8) is 0 Å². The molecule has 5 heteroatoms. The lowest BCUT2D eigenvalue weighted by Crippen LogP contribution is -2.09. The van der Waals surface area contributed by atoms with Gasteiger partial charge in [0.2, 0.25) is 5.50 Å². The zero-order valence-corrected chi connectivity index (χ0v) is 8.25. The number of hydrogen-bond acceptors (Lipinski definition) is 3. The van der Waals surface area contributed by atoms with Gasteiger partial charge < -0.3 is 9.84 Å². The Morgan fingerprint density at radius 2 is 2.07 bits per heavy atom. The molecule has 0 bridgehead atoms. The minimum Gasteiger partial charge on any atom is -0.497 e.